The molecule has 1 atom stereocenters. The molecule has 0 aliphatic carbocycles. The highest BCUT2D eigenvalue weighted by atomic mass is 32.1. The van der Waals surface area contributed by atoms with Crippen LogP contribution in [0, 0.1) is 0 Å². The Kier molecular flexibility index (Phi) is 3.89. The Bertz CT molecular complexity index is 845. The van der Waals surface area contributed by atoms with Crippen molar-refractivity contribution in [2.24, 2.45) is 0 Å². The molecule has 1 saturated heterocycles. The number of aromatic nitrogens is 4. The summed E-state index contributed by atoms with van der Waals surface area (Å²) < 4.78 is 0. The second-order valence-electron chi connectivity index (χ2n) is 5.96. The fourth-order valence-electron chi connectivity index (χ4n) is 3.29. The summed E-state index contributed by atoms with van der Waals surface area (Å²) in [5, 5.41) is 4.21. The largest absolute Gasteiger partial charge is 0.348 e. The van der Waals surface area contributed by atoms with Gasteiger partial charge in [0, 0.05) is 13.6 Å². The van der Waals surface area contributed by atoms with Crippen molar-refractivity contribution in [2.45, 2.75) is 18.9 Å². The molecule has 3 aromatic rings. The van der Waals surface area contributed by atoms with E-state index in [0.717, 1.165) is 24.9 Å². The summed E-state index contributed by atoms with van der Waals surface area (Å²) >= 11 is 1.68. The molecular formula is C16H18N6OS. The fourth-order valence-corrected chi connectivity index (χ4v) is 3.99. The summed E-state index contributed by atoms with van der Waals surface area (Å²) in [4.78, 5) is 32.3. The number of carbonyl (C=O) groups excluding carboxylic acids is 1. The Balaban J connectivity index is 1.52. The third-order valence-corrected chi connectivity index (χ3v) is 5.14. The Morgan fingerprint density at radius 1 is 1.46 bits per heavy atom. The normalized spacial score (nSPS) is 17.5. The lowest BCUT2D eigenvalue weighted by Crippen LogP contribution is -2.39. The molecule has 1 aliphatic heterocycles. The molecule has 4 rings (SSSR count). The number of amides is 1. The van der Waals surface area contributed by atoms with Crippen LogP contribution in [0.25, 0.3) is 11.2 Å². The van der Waals surface area contributed by atoms with Crippen LogP contribution in [0.4, 0.5) is 5.82 Å². The molecule has 24 heavy (non-hydrogen) atoms. The summed E-state index contributed by atoms with van der Waals surface area (Å²) in [5.74, 6) is 0.814. The summed E-state index contributed by atoms with van der Waals surface area (Å²) in [5.41, 5.74) is 2.60. The van der Waals surface area contributed by atoms with Gasteiger partial charge in [-0.3, -0.25) is 4.79 Å². The minimum absolute atomic E-state index is 0.123. The molecule has 7 nitrogen and oxygen atoms in total. The molecular weight excluding hydrogens is 324 g/mol. The van der Waals surface area contributed by atoms with Crippen molar-refractivity contribution in [1.82, 2.24) is 24.8 Å². The number of nitrogens with one attached hydrogen (secondary N) is 1. The van der Waals surface area contributed by atoms with Gasteiger partial charge in [-0.1, -0.05) is 0 Å². The van der Waals surface area contributed by atoms with E-state index < -0.39 is 0 Å². The second-order valence-corrected chi connectivity index (χ2v) is 6.74. The van der Waals surface area contributed by atoms with E-state index in [1.54, 1.807) is 17.7 Å². The first kappa shape index (κ1) is 15.1. The van der Waals surface area contributed by atoms with E-state index in [1.165, 1.54) is 11.9 Å². The molecule has 8 heteroatoms. The van der Waals surface area contributed by atoms with Crippen LogP contribution in [0.3, 0.4) is 0 Å². The van der Waals surface area contributed by atoms with Crippen molar-refractivity contribution in [2.75, 3.05) is 25.0 Å². The van der Waals surface area contributed by atoms with E-state index >= 15 is 0 Å². The topological polar surface area (TPSA) is 78.0 Å². The van der Waals surface area contributed by atoms with Gasteiger partial charge >= 0.3 is 0 Å². The van der Waals surface area contributed by atoms with Gasteiger partial charge in [0.15, 0.2) is 11.5 Å². The number of hydrogen-bond acceptors (Lipinski definition) is 6. The summed E-state index contributed by atoms with van der Waals surface area (Å²) in [7, 11) is 1.87. The summed E-state index contributed by atoms with van der Waals surface area (Å²) in [6.07, 6.45) is 5.15. The molecule has 1 N–H and O–H groups in total. The second kappa shape index (κ2) is 6.20. The number of anilines is 1. The van der Waals surface area contributed by atoms with Crippen LogP contribution in [0.2, 0.25) is 0 Å². The molecule has 0 bridgehead atoms. The van der Waals surface area contributed by atoms with Crippen LogP contribution in [0.5, 0.6) is 0 Å². The van der Waals surface area contributed by atoms with E-state index in [1.807, 2.05) is 16.8 Å². The number of likely N-dealkylation sites (tertiary alicyclic amines) is 1. The maximum Gasteiger partial charge on any atom is 0.242 e. The van der Waals surface area contributed by atoms with Crippen molar-refractivity contribution in [3.8, 4) is 0 Å². The molecule has 0 unspecified atom stereocenters. The van der Waals surface area contributed by atoms with Gasteiger partial charge in [-0.2, -0.15) is 11.3 Å². The van der Waals surface area contributed by atoms with Crippen LogP contribution in [-0.2, 0) is 4.79 Å². The summed E-state index contributed by atoms with van der Waals surface area (Å²) in [6.45, 7) is 1.10. The average molecular weight is 342 g/mol. The maximum absolute atomic E-state index is 12.8. The van der Waals surface area contributed by atoms with Crippen molar-refractivity contribution in [3.63, 3.8) is 0 Å². The molecule has 1 aliphatic rings. The lowest BCUT2D eigenvalue weighted by Gasteiger charge is -2.27. The maximum atomic E-state index is 12.8. The number of fused-ring (bicyclic) bond motifs is 1. The molecule has 0 radical (unpaired) electrons. The number of rotatable bonds is 4. The van der Waals surface area contributed by atoms with Gasteiger partial charge in [0.05, 0.1) is 18.9 Å². The lowest BCUT2D eigenvalue weighted by atomic mass is 10.1. The van der Waals surface area contributed by atoms with Crippen molar-refractivity contribution in [3.05, 3.63) is 35.0 Å². The highest BCUT2D eigenvalue weighted by Crippen LogP contribution is 2.33. The standard InChI is InChI=1S/C16H18N6OS/c1-21(16-14-15(18-9-17-14)19-10-20-16)7-13(23)22-5-2-3-12(22)11-4-6-24-8-11/h4,6,8-10,12H,2-3,5,7H2,1H3,(H,17,18,19,20)/t12-/m0/s1. The van der Waals surface area contributed by atoms with E-state index in [0.29, 0.717) is 11.5 Å². The van der Waals surface area contributed by atoms with Gasteiger partial charge in [-0.05, 0) is 35.2 Å². The Hall–Kier alpha value is -2.48. The van der Waals surface area contributed by atoms with Gasteiger partial charge in [0.25, 0.3) is 0 Å². The molecule has 0 spiro atoms. The minimum Gasteiger partial charge on any atom is -0.348 e. The van der Waals surface area contributed by atoms with Gasteiger partial charge in [-0.25, -0.2) is 15.0 Å². The number of aromatic amines is 1. The van der Waals surface area contributed by atoms with Crippen LogP contribution < -0.4 is 4.90 Å². The van der Waals surface area contributed by atoms with Crippen LogP contribution in [-0.4, -0.2) is 50.9 Å². The van der Waals surface area contributed by atoms with Gasteiger partial charge in [0.1, 0.15) is 11.8 Å². The first-order valence-corrected chi connectivity index (χ1v) is 8.85. The number of H-pyrrole nitrogens is 1. The Morgan fingerprint density at radius 2 is 2.38 bits per heavy atom. The van der Waals surface area contributed by atoms with E-state index in [9.17, 15) is 4.79 Å². The number of nitrogens with zero attached hydrogens (tertiary/aromatic N) is 5. The average Bonchev–Trinajstić information content (AvgIpc) is 3.32. The first-order valence-electron chi connectivity index (χ1n) is 7.91. The Morgan fingerprint density at radius 3 is 3.21 bits per heavy atom. The quantitative estimate of drug-likeness (QED) is 0.786. The molecule has 1 fully saturated rings. The smallest absolute Gasteiger partial charge is 0.242 e. The van der Waals surface area contributed by atoms with Crippen molar-refractivity contribution in [1.29, 1.82) is 0 Å². The van der Waals surface area contributed by atoms with E-state index in [-0.39, 0.29) is 18.5 Å². The predicted molar refractivity (Wildman–Crippen MR) is 93.0 cm³/mol. The van der Waals surface area contributed by atoms with E-state index in [2.05, 4.69) is 36.8 Å². The Labute approximate surface area is 143 Å². The summed E-state index contributed by atoms with van der Waals surface area (Å²) in [6, 6.07) is 2.32. The number of hydrogen-bond donors (Lipinski definition) is 1. The number of thiophene rings is 1. The SMILES string of the molecule is CN(CC(=O)N1CCC[C@H]1c1ccsc1)c1ncnc2nc[nH]c12. The first-order chi connectivity index (χ1) is 11.7. The number of likely N-dealkylation sites (N-methyl/N-ethyl adjacent to an activating group) is 1. The molecule has 4 heterocycles. The molecule has 1 amide bonds. The zero-order chi connectivity index (χ0) is 16.5. The predicted octanol–water partition coefficient (Wildman–Crippen LogP) is 2.21. The molecule has 124 valence electrons. The zero-order valence-electron chi connectivity index (χ0n) is 13.3. The number of imidazole rings is 1. The van der Waals surface area contributed by atoms with Crippen LogP contribution in [0.15, 0.2) is 29.5 Å². The highest BCUT2D eigenvalue weighted by Gasteiger charge is 2.30. The third kappa shape index (κ3) is 2.62. The van der Waals surface area contributed by atoms with Gasteiger partial charge < -0.3 is 14.8 Å². The number of carbonyl (C=O) groups is 1. The minimum atomic E-state index is 0.123. The highest BCUT2D eigenvalue weighted by molar-refractivity contribution is 7.08. The monoisotopic (exact) mass is 342 g/mol. The zero-order valence-corrected chi connectivity index (χ0v) is 14.2. The van der Waals surface area contributed by atoms with Crippen molar-refractivity contribution < 1.29 is 4.79 Å². The molecule has 0 saturated carbocycles. The fraction of sp³-hybridized carbons (Fsp3) is 0.375. The third-order valence-electron chi connectivity index (χ3n) is 4.44. The van der Waals surface area contributed by atoms with Crippen LogP contribution in [0.1, 0.15) is 24.4 Å². The lowest BCUT2D eigenvalue weighted by molar-refractivity contribution is -0.130. The molecule has 3 aromatic heterocycles. The van der Waals surface area contributed by atoms with E-state index in [4.69, 9.17) is 0 Å². The van der Waals surface area contributed by atoms with Gasteiger partial charge in [0.2, 0.25) is 5.91 Å². The molecule has 0 aromatic carbocycles. The van der Waals surface area contributed by atoms with Gasteiger partial charge in [-0.15, -0.1) is 0 Å². The van der Waals surface area contributed by atoms with Crippen LogP contribution >= 0.6 is 11.3 Å². The van der Waals surface area contributed by atoms with Crippen molar-refractivity contribution >= 4 is 34.2 Å².